The Balaban J connectivity index is 1.73. The average molecular weight is 417 g/mol. The van der Waals surface area contributed by atoms with E-state index in [0.717, 1.165) is 38.1 Å². The Morgan fingerprint density at radius 3 is 2.17 bits per heavy atom. The first kappa shape index (κ1) is 24.2. The van der Waals surface area contributed by atoms with Crippen molar-refractivity contribution in [1.29, 1.82) is 0 Å². The SMILES string of the molecule is CCC(CC)C(=O)N1CCCN(C(=O)CCCOc2ccc(C(C)(C)C)cc2)CC1. The molecule has 1 aromatic carbocycles. The highest BCUT2D eigenvalue weighted by Gasteiger charge is 2.25. The second kappa shape index (κ2) is 11.4. The Bertz CT molecular complexity index is 675. The summed E-state index contributed by atoms with van der Waals surface area (Å²) in [5, 5.41) is 0. The number of carbonyl (C=O) groups excluding carboxylic acids is 2. The molecule has 0 N–H and O–H groups in total. The maximum absolute atomic E-state index is 12.6. The van der Waals surface area contributed by atoms with Gasteiger partial charge in [-0.3, -0.25) is 9.59 Å². The van der Waals surface area contributed by atoms with Gasteiger partial charge in [-0.25, -0.2) is 0 Å². The van der Waals surface area contributed by atoms with Crippen molar-refractivity contribution < 1.29 is 14.3 Å². The molecule has 0 saturated carbocycles. The number of carbonyl (C=O) groups is 2. The van der Waals surface area contributed by atoms with Gasteiger partial charge in [0.25, 0.3) is 0 Å². The lowest BCUT2D eigenvalue weighted by Crippen LogP contribution is -2.39. The van der Waals surface area contributed by atoms with Crippen LogP contribution in [0.4, 0.5) is 0 Å². The predicted molar refractivity (Wildman–Crippen MR) is 122 cm³/mol. The molecule has 5 nitrogen and oxygen atoms in total. The van der Waals surface area contributed by atoms with E-state index in [1.54, 1.807) is 0 Å². The largest absolute Gasteiger partial charge is 0.494 e. The van der Waals surface area contributed by atoms with Crippen molar-refractivity contribution in [1.82, 2.24) is 9.80 Å². The first-order valence-corrected chi connectivity index (χ1v) is 11.6. The summed E-state index contributed by atoms with van der Waals surface area (Å²) in [6.45, 7) is 14.0. The topological polar surface area (TPSA) is 49.9 Å². The zero-order valence-corrected chi connectivity index (χ0v) is 19.6. The molecule has 1 aliphatic heterocycles. The van der Waals surface area contributed by atoms with Gasteiger partial charge in [0.2, 0.25) is 11.8 Å². The zero-order chi connectivity index (χ0) is 22.1. The fraction of sp³-hybridized carbons (Fsp3) is 0.680. The lowest BCUT2D eigenvalue weighted by molar-refractivity contribution is -0.136. The summed E-state index contributed by atoms with van der Waals surface area (Å²) in [6, 6.07) is 8.21. The minimum Gasteiger partial charge on any atom is -0.494 e. The van der Waals surface area contributed by atoms with Crippen LogP contribution in [0.25, 0.3) is 0 Å². The Kier molecular flexibility index (Phi) is 9.19. The molecule has 1 saturated heterocycles. The van der Waals surface area contributed by atoms with Crippen LogP contribution < -0.4 is 4.74 Å². The van der Waals surface area contributed by atoms with Crippen LogP contribution in [0.3, 0.4) is 0 Å². The average Bonchev–Trinajstić information content (AvgIpc) is 2.98. The minimum atomic E-state index is 0.113. The van der Waals surface area contributed by atoms with Crippen molar-refractivity contribution >= 4 is 11.8 Å². The standard InChI is InChI=1S/C25H40N2O3/c1-6-20(7-2)24(29)27-16-9-15-26(17-18-27)23(28)10-8-19-30-22-13-11-21(12-14-22)25(3,4)5/h11-14,20H,6-10,15-19H2,1-5H3. The number of amides is 2. The van der Waals surface area contributed by atoms with Gasteiger partial charge >= 0.3 is 0 Å². The molecule has 0 aromatic heterocycles. The van der Waals surface area contributed by atoms with E-state index in [4.69, 9.17) is 4.74 Å². The molecule has 1 heterocycles. The van der Waals surface area contributed by atoms with Crippen molar-refractivity contribution in [3.8, 4) is 5.75 Å². The quantitative estimate of drug-likeness (QED) is 0.580. The zero-order valence-electron chi connectivity index (χ0n) is 19.6. The normalized spacial score (nSPS) is 15.3. The second-order valence-corrected chi connectivity index (χ2v) is 9.30. The molecule has 1 aliphatic rings. The Morgan fingerprint density at radius 2 is 1.57 bits per heavy atom. The van der Waals surface area contributed by atoms with Crippen LogP contribution >= 0.6 is 0 Å². The van der Waals surface area contributed by atoms with E-state index in [1.165, 1.54) is 5.56 Å². The van der Waals surface area contributed by atoms with Crippen LogP contribution in [0.2, 0.25) is 0 Å². The molecule has 1 fully saturated rings. The fourth-order valence-electron chi connectivity index (χ4n) is 3.91. The van der Waals surface area contributed by atoms with Crippen molar-refractivity contribution in [2.45, 2.75) is 72.1 Å². The van der Waals surface area contributed by atoms with E-state index in [2.05, 4.69) is 46.8 Å². The molecular weight excluding hydrogens is 376 g/mol. The molecule has 168 valence electrons. The van der Waals surface area contributed by atoms with Gasteiger partial charge in [-0.15, -0.1) is 0 Å². The molecule has 0 unspecified atom stereocenters. The fourth-order valence-corrected chi connectivity index (χ4v) is 3.91. The van der Waals surface area contributed by atoms with Gasteiger partial charge in [-0.2, -0.15) is 0 Å². The Morgan fingerprint density at radius 1 is 0.967 bits per heavy atom. The van der Waals surface area contributed by atoms with Crippen molar-refractivity contribution in [3.05, 3.63) is 29.8 Å². The Hall–Kier alpha value is -2.04. The third-order valence-electron chi connectivity index (χ3n) is 6.02. The van der Waals surface area contributed by atoms with Gasteiger partial charge in [0.15, 0.2) is 0 Å². The molecule has 0 radical (unpaired) electrons. The number of hydrogen-bond donors (Lipinski definition) is 0. The van der Waals surface area contributed by atoms with Crippen LogP contribution in [-0.2, 0) is 15.0 Å². The lowest BCUT2D eigenvalue weighted by Gasteiger charge is -2.25. The van der Waals surface area contributed by atoms with E-state index in [-0.39, 0.29) is 23.1 Å². The maximum atomic E-state index is 12.6. The van der Waals surface area contributed by atoms with Gasteiger partial charge in [0, 0.05) is 38.5 Å². The summed E-state index contributed by atoms with van der Waals surface area (Å²) >= 11 is 0. The number of ether oxygens (including phenoxy) is 1. The van der Waals surface area contributed by atoms with Gasteiger partial charge in [-0.1, -0.05) is 46.8 Å². The van der Waals surface area contributed by atoms with E-state index in [1.807, 2.05) is 21.9 Å². The van der Waals surface area contributed by atoms with Crippen LogP contribution in [0.1, 0.15) is 72.3 Å². The van der Waals surface area contributed by atoms with Crippen molar-refractivity contribution in [3.63, 3.8) is 0 Å². The Labute approximate surface area is 182 Å². The molecule has 2 rings (SSSR count). The van der Waals surface area contributed by atoms with E-state index in [0.29, 0.717) is 32.5 Å². The third-order valence-corrected chi connectivity index (χ3v) is 6.02. The van der Waals surface area contributed by atoms with Crippen LogP contribution in [0.5, 0.6) is 5.75 Å². The summed E-state index contributed by atoms with van der Waals surface area (Å²) < 4.78 is 5.81. The molecule has 0 bridgehead atoms. The summed E-state index contributed by atoms with van der Waals surface area (Å²) in [5.74, 6) is 1.38. The monoisotopic (exact) mass is 416 g/mol. The number of rotatable bonds is 8. The summed E-state index contributed by atoms with van der Waals surface area (Å²) in [7, 11) is 0. The number of nitrogens with zero attached hydrogens (tertiary/aromatic N) is 2. The predicted octanol–water partition coefficient (Wildman–Crippen LogP) is 4.64. The highest BCUT2D eigenvalue weighted by Crippen LogP contribution is 2.24. The van der Waals surface area contributed by atoms with Crippen molar-refractivity contribution in [2.75, 3.05) is 32.8 Å². The van der Waals surface area contributed by atoms with Gasteiger partial charge in [0.05, 0.1) is 6.61 Å². The molecule has 5 heteroatoms. The first-order valence-electron chi connectivity index (χ1n) is 11.6. The second-order valence-electron chi connectivity index (χ2n) is 9.30. The maximum Gasteiger partial charge on any atom is 0.225 e. The first-order chi connectivity index (χ1) is 14.3. The van der Waals surface area contributed by atoms with Gasteiger partial charge in [-0.05, 0) is 48.8 Å². The van der Waals surface area contributed by atoms with Gasteiger partial charge < -0.3 is 14.5 Å². The highest BCUT2D eigenvalue weighted by atomic mass is 16.5. The third kappa shape index (κ3) is 7.03. The van der Waals surface area contributed by atoms with Gasteiger partial charge in [0.1, 0.15) is 5.75 Å². The molecule has 0 aliphatic carbocycles. The molecule has 30 heavy (non-hydrogen) atoms. The molecule has 2 amide bonds. The van der Waals surface area contributed by atoms with Crippen LogP contribution in [0.15, 0.2) is 24.3 Å². The highest BCUT2D eigenvalue weighted by molar-refractivity contribution is 5.79. The van der Waals surface area contributed by atoms with Crippen LogP contribution in [0, 0.1) is 5.92 Å². The molecule has 0 spiro atoms. The number of hydrogen-bond acceptors (Lipinski definition) is 3. The van der Waals surface area contributed by atoms with E-state index in [9.17, 15) is 9.59 Å². The van der Waals surface area contributed by atoms with E-state index >= 15 is 0 Å². The summed E-state index contributed by atoms with van der Waals surface area (Å²) in [6.07, 6.45) is 3.81. The lowest BCUT2D eigenvalue weighted by atomic mass is 9.87. The number of benzene rings is 1. The van der Waals surface area contributed by atoms with Crippen LogP contribution in [-0.4, -0.2) is 54.4 Å². The van der Waals surface area contributed by atoms with Crippen molar-refractivity contribution in [2.24, 2.45) is 5.92 Å². The summed E-state index contributed by atoms with van der Waals surface area (Å²) in [4.78, 5) is 29.1. The van der Waals surface area contributed by atoms with E-state index < -0.39 is 0 Å². The summed E-state index contributed by atoms with van der Waals surface area (Å²) in [5.41, 5.74) is 1.41. The molecular formula is C25H40N2O3. The molecule has 1 aromatic rings. The molecule has 0 atom stereocenters. The minimum absolute atomic E-state index is 0.113. The smallest absolute Gasteiger partial charge is 0.225 e.